The smallest absolute Gasteiger partial charge is 0.130 e. The van der Waals surface area contributed by atoms with Gasteiger partial charge in [-0.25, -0.2) is 0 Å². The molecule has 11 heavy (non-hydrogen) atoms. The van der Waals surface area contributed by atoms with E-state index >= 15 is 0 Å². The Bertz CT molecular complexity index is 136. The topological polar surface area (TPSA) is 43.1 Å². The molecule has 0 radical (unpaired) electrons. The molecule has 0 atom stereocenters. The Hall–Kier alpha value is -0.370. The lowest BCUT2D eigenvalue weighted by Crippen LogP contribution is -2.27. The highest BCUT2D eigenvalue weighted by Gasteiger charge is 2.19. The van der Waals surface area contributed by atoms with Crippen LogP contribution in [-0.4, -0.2) is 11.8 Å². The van der Waals surface area contributed by atoms with E-state index in [0.29, 0.717) is 17.7 Å². The van der Waals surface area contributed by atoms with Crippen LogP contribution in [-0.2, 0) is 4.79 Å². The van der Waals surface area contributed by atoms with Gasteiger partial charge in [0.05, 0.1) is 0 Å². The zero-order valence-corrected chi connectivity index (χ0v) is 7.18. The molecule has 0 aliphatic heterocycles. The average Bonchev–Trinajstić information content (AvgIpc) is 1.93. The number of rotatable bonds is 2. The van der Waals surface area contributed by atoms with Crippen LogP contribution < -0.4 is 5.73 Å². The molecule has 2 nitrogen and oxygen atoms in total. The van der Waals surface area contributed by atoms with Gasteiger partial charge in [0.25, 0.3) is 0 Å². The van der Waals surface area contributed by atoms with Crippen LogP contribution in [0.15, 0.2) is 0 Å². The van der Waals surface area contributed by atoms with Crippen LogP contribution >= 0.6 is 0 Å². The molecule has 1 fully saturated rings. The summed E-state index contributed by atoms with van der Waals surface area (Å²) in [5.41, 5.74) is 5.74. The van der Waals surface area contributed by atoms with Crippen molar-refractivity contribution >= 4 is 5.78 Å². The average molecular weight is 155 g/mol. The predicted octanol–water partition coefficient (Wildman–Crippen LogP) is 1.48. The Morgan fingerprint density at radius 1 is 1.36 bits per heavy atom. The van der Waals surface area contributed by atoms with Crippen LogP contribution in [0, 0.1) is 5.92 Å². The molecule has 0 aromatic rings. The van der Waals surface area contributed by atoms with Crippen molar-refractivity contribution in [3.8, 4) is 0 Å². The van der Waals surface area contributed by atoms with E-state index in [0.717, 1.165) is 32.1 Å². The van der Waals surface area contributed by atoms with Crippen LogP contribution in [0.5, 0.6) is 0 Å². The summed E-state index contributed by atoms with van der Waals surface area (Å²) in [5.74, 6) is 0.956. The summed E-state index contributed by atoms with van der Waals surface area (Å²) in [5, 5.41) is 0. The van der Waals surface area contributed by atoms with Crippen LogP contribution in [0.25, 0.3) is 0 Å². The summed E-state index contributed by atoms with van der Waals surface area (Å²) in [4.78, 5) is 10.8. The lowest BCUT2D eigenvalue weighted by molar-refractivity contribution is -0.118. The molecule has 0 bridgehead atoms. The Morgan fingerprint density at radius 3 is 2.36 bits per heavy atom. The maximum atomic E-state index is 10.8. The van der Waals surface area contributed by atoms with E-state index in [9.17, 15) is 4.79 Å². The molecular formula is C9H17NO. The molecular weight excluding hydrogens is 138 g/mol. The molecule has 1 aliphatic rings. The first kappa shape index (κ1) is 8.72. The zero-order valence-electron chi connectivity index (χ0n) is 7.18. The fraction of sp³-hybridized carbons (Fsp3) is 0.889. The van der Waals surface area contributed by atoms with E-state index in [1.54, 1.807) is 6.92 Å². The summed E-state index contributed by atoms with van der Waals surface area (Å²) >= 11 is 0. The standard InChI is InChI=1S/C9H17NO/c1-7(11)6-8-2-4-9(10)5-3-8/h8-9H,2-6,10H2,1H3/t8-,9-. The van der Waals surface area contributed by atoms with Crippen molar-refractivity contribution in [2.24, 2.45) is 11.7 Å². The highest BCUT2D eigenvalue weighted by atomic mass is 16.1. The van der Waals surface area contributed by atoms with E-state index < -0.39 is 0 Å². The summed E-state index contributed by atoms with van der Waals surface area (Å²) in [7, 11) is 0. The molecule has 64 valence electrons. The molecule has 0 aromatic heterocycles. The Labute approximate surface area is 68.2 Å². The maximum Gasteiger partial charge on any atom is 0.130 e. The number of carbonyl (C=O) groups is 1. The largest absolute Gasteiger partial charge is 0.328 e. The van der Waals surface area contributed by atoms with E-state index in [4.69, 9.17) is 5.73 Å². The molecule has 1 saturated carbocycles. The molecule has 0 unspecified atom stereocenters. The Balaban J connectivity index is 2.22. The predicted molar refractivity (Wildman–Crippen MR) is 45.2 cm³/mol. The lowest BCUT2D eigenvalue weighted by atomic mass is 9.84. The van der Waals surface area contributed by atoms with Gasteiger partial charge in [0.2, 0.25) is 0 Å². The fourth-order valence-corrected chi connectivity index (χ4v) is 1.80. The first-order valence-corrected chi connectivity index (χ1v) is 4.43. The lowest BCUT2D eigenvalue weighted by Gasteiger charge is -2.24. The molecule has 1 rings (SSSR count). The second-order valence-electron chi connectivity index (χ2n) is 3.69. The number of carbonyl (C=O) groups excluding carboxylic acids is 1. The van der Waals surface area contributed by atoms with Crippen LogP contribution in [0.3, 0.4) is 0 Å². The summed E-state index contributed by atoms with van der Waals surface area (Å²) in [6.07, 6.45) is 5.30. The Morgan fingerprint density at radius 2 is 1.91 bits per heavy atom. The molecule has 2 N–H and O–H groups in total. The molecule has 0 heterocycles. The SMILES string of the molecule is CC(=O)C[C@H]1CC[C@H](N)CC1. The van der Waals surface area contributed by atoms with Gasteiger partial charge < -0.3 is 10.5 Å². The number of hydrogen-bond donors (Lipinski definition) is 1. The van der Waals surface area contributed by atoms with Gasteiger partial charge in [-0.3, -0.25) is 0 Å². The number of hydrogen-bond acceptors (Lipinski definition) is 2. The van der Waals surface area contributed by atoms with Crippen LogP contribution in [0.4, 0.5) is 0 Å². The highest BCUT2D eigenvalue weighted by molar-refractivity contribution is 5.75. The molecule has 2 heteroatoms. The van der Waals surface area contributed by atoms with Gasteiger partial charge in [-0.2, -0.15) is 0 Å². The van der Waals surface area contributed by atoms with Gasteiger partial charge >= 0.3 is 0 Å². The fourth-order valence-electron chi connectivity index (χ4n) is 1.80. The number of ketones is 1. The minimum Gasteiger partial charge on any atom is -0.328 e. The molecule has 0 spiro atoms. The first-order chi connectivity index (χ1) is 5.18. The minimum absolute atomic E-state index is 0.325. The van der Waals surface area contributed by atoms with Crippen molar-refractivity contribution in [3.05, 3.63) is 0 Å². The van der Waals surface area contributed by atoms with Gasteiger partial charge in [0.15, 0.2) is 0 Å². The second-order valence-corrected chi connectivity index (χ2v) is 3.69. The van der Waals surface area contributed by atoms with Crippen LogP contribution in [0.2, 0.25) is 0 Å². The summed E-state index contributed by atoms with van der Waals surface area (Å²) < 4.78 is 0. The van der Waals surface area contributed by atoms with Gasteiger partial charge in [0.1, 0.15) is 5.78 Å². The third kappa shape index (κ3) is 3.02. The first-order valence-electron chi connectivity index (χ1n) is 4.43. The van der Waals surface area contributed by atoms with Gasteiger partial charge in [-0.15, -0.1) is 0 Å². The molecule has 0 aromatic carbocycles. The van der Waals surface area contributed by atoms with Crippen LogP contribution in [0.1, 0.15) is 39.0 Å². The summed E-state index contributed by atoms with van der Waals surface area (Å²) in [6.45, 7) is 1.68. The third-order valence-electron chi connectivity index (χ3n) is 2.47. The Kier molecular flexibility index (Phi) is 3.06. The normalized spacial score (nSPS) is 31.8. The van der Waals surface area contributed by atoms with E-state index in [1.165, 1.54) is 0 Å². The minimum atomic E-state index is 0.325. The van der Waals surface area contributed by atoms with Gasteiger partial charge in [-0.05, 0) is 38.5 Å². The zero-order chi connectivity index (χ0) is 8.27. The number of nitrogens with two attached hydrogens (primary N) is 1. The molecule has 0 saturated heterocycles. The van der Waals surface area contributed by atoms with Crippen molar-refractivity contribution in [2.75, 3.05) is 0 Å². The van der Waals surface area contributed by atoms with E-state index in [2.05, 4.69) is 0 Å². The van der Waals surface area contributed by atoms with Crippen molar-refractivity contribution in [1.29, 1.82) is 0 Å². The highest BCUT2D eigenvalue weighted by Crippen LogP contribution is 2.25. The van der Waals surface area contributed by atoms with E-state index in [1.807, 2.05) is 0 Å². The van der Waals surface area contributed by atoms with Crippen molar-refractivity contribution < 1.29 is 4.79 Å². The van der Waals surface area contributed by atoms with Crippen molar-refractivity contribution in [3.63, 3.8) is 0 Å². The van der Waals surface area contributed by atoms with E-state index in [-0.39, 0.29) is 0 Å². The third-order valence-corrected chi connectivity index (χ3v) is 2.47. The monoisotopic (exact) mass is 155 g/mol. The number of Topliss-reactive ketones (excluding diaryl/α,β-unsaturated/α-hetero) is 1. The molecule has 0 amide bonds. The second kappa shape index (κ2) is 3.86. The van der Waals surface area contributed by atoms with Gasteiger partial charge in [0, 0.05) is 12.5 Å². The quantitative estimate of drug-likeness (QED) is 0.656. The summed E-state index contributed by atoms with van der Waals surface area (Å²) in [6, 6.07) is 0.401. The van der Waals surface area contributed by atoms with Crippen molar-refractivity contribution in [2.45, 2.75) is 45.1 Å². The maximum absolute atomic E-state index is 10.8. The molecule has 1 aliphatic carbocycles. The van der Waals surface area contributed by atoms with Gasteiger partial charge in [-0.1, -0.05) is 0 Å². The van der Waals surface area contributed by atoms with Crippen molar-refractivity contribution in [1.82, 2.24) is 0 Å².